The molecule has 2 saturated carbocycles. The van der Waals surface area contributed by atoms with Crippen molar-refractivity contribution in [3.8, 4) is 5.75 Å². The van der Waals surface area contributed by atoms with E-state index in [9.17, 15) is 4.39 Å². The highest BCUT2D eigenvalue weighted by Crippen LogP contribution is 2.45. The Hall–Kier alpha value is -1.16. The molecule has 1 aliphatic heterocycles. The molecule has 1 saturated heterocycles. The number of halogens is 2. The average Bonchev–Trinajstić information content (AvgIpc) is 2.95. The Kier molecular flexibility index (Phi) is 4.74. The van der Waals surface area contributed by atoms with Crippen LogP contribution in [-0.4, -0.2) is 31.1 Å². The summed E-state index contributed by atoms with van der Waals surface area (Å²) in [5, 5.41) is 0. The van der Waals surface area contributed by atoms with Crippen molar-refractivity contribution in [2.24, 2.45) is 11.8 Å². The van der Waals surface area contributed by atoms with Crippen LogP contribution in [0.25, 0.3) is 0 Å². The van der Waals surface area contributed by atoms with E-state index < -0.39 is 11.5 Å². The van der Waals surface area contributed by atoms with E-state index in [-0.39, 0.29) is 0 Å². The SMILES string of the molecule is COc1ccc(F)cc1C1(F)CCN(C2CCC3CCC(C3)C2)CC1. The summed E-state index contributed by atoms with van der Waals surface area (Å²) in [6.45, 7) is 1.52. The second kappa shape index (κ2) is 6.86. The molecule has 0 aromatic heterocycles. The molecule has 2 aliphatic carbocycles. The summed E-state index contributed by atoms with van der Waals surface area (Å²) >= 11 is 0. The predicted octanol–water partition coefficient (Wildman–Crippen LogP) is 5.06. The van der Waals surface area contributed by atoms with Crippen LogP contribution in [0.4, 0.5) is 8.78 Å². The highest BCUT2D eigenvalue weighted by atomic mass is 19.1. The number of nitrogens with zero attached hydrogens (tertiary/aromatic N) is 1. The zero-order valence-corrected chi connectivity index (χ0v) is 15.1. The molecule has 4 rings (SSSR count). The zero-order valence-electron chi connectivity index (χ0n) is 15.1. The number of ether oxygens (including phenoxy) is 1. The number of methoxy groups -OCH3 is 1. The van der Waals surface area contributed by atoms with Gasteiger partial charge < -0.3 is 9.64 Å². The Morgan fingerprint density at radius 3 is 2.52 bits per heavy atom. The number of piperidine rings is 1. The van der Waals surface area contributed by atoms with Gasteiger partial charge in [0, 0.05) is 24.7 Å². The van der Waals surface area contributed by atoms with Gasteiger partial charge in [-0.2, -0.15) is 0 Å². The average molecular weight is 349 g/mol. The van der Waals surface area contributed by atoms with Crippen molar-refractivity contribution < 1.29 is 13.5 Å². The topological polar surface area (TPSA) is 12.5 Å². The Morgan fingerprint density at radius 2 is 1.76 bits per heavy atom. The summed E-state index contributed by atoms with van der Waals surface area (Å²) in [4.78, 5) is 2.50. The van der Waals surface area contributed by atoms with E-state index in [0.29, 0.717) is 30.2 Å². The van der Waals surface area contributed by atoms with E-state index in [2.05, 4.69) is 4.90 Å². The fraction of sp³-hybridized carbons (Fsp3) is 0.714. The van der Waals surface area contributed by atoms with E-state index in [4.69, 9.17) is 4.74 Å². The molecule has 3 fully saturated rings. The third kappa shape index (κ3) is 3.42. The van der Waals surface area contributed by atoms with Crippen LogP contribution in [0.15, 0.2) is 18.2 Å². The fourth-order valence-corrected chi connectivity index (χ4v) is 5.46. The molecule has 1 aromatic carbocycles. The molecule has 2 nitrogen and oxygen atoms in total. The molecule has 0 radical (unpaired) electrons. The van der Waals surface area contributed by atoms with Gasteiger partial charge in [0.05, 0.1) is 7.11 Å². The minimum absolute atomic E-state index is 0.384. The normalized spacial score (nSPS) is 32.4. The lowest BCUT2D eigenvalue weighted by Crippen LogP contribution is -2.46. The maximum absolute atomic E-state index is 15.6. The third-order valence-corrected chi connectivity index (χ3v) is 6.91. The summed E-state index contributed by atoms with van der Waals surface area (Å²) in [6.07, 6.45) is 8.98. The number of hydrogen-bond donors (Lipinski definition) is 0. The van der Waals surface area contributed by atoms with E-state index in [1.165, 1.54) is 57.8 Å². The smallest absolute Gasteiger partial charge is 0.142 e. The molecular formula is C21H29F2NO. The minimum atomic E-state index is -1.48. The van der Waals surface area contributed by atoms with E-state index in [0.717, 1.165) is 24.9 Å². The molecule has 2 bridgehead atoms. The molecule has 3 atom stereocenters. The molecular weight excluding hydrogens is 320 g/mol. The van der Waals surface area contributed by atoms with Crippen LogP contribution in [0, 0.1) is 17.7 Å². The molecule has 4 heteroatoms. The van der Waals surface area contributed by atoms with E-state index >= 15 is 4.39 Å². The van der Waals surface area contributed by atoms with Gasteiger partial charge in [0.1, 0.15) is 17.2 Å². The molecule has 3 aliphatic rings. The molecule has 0 amide bonds. The van der Waals surface area contributed by atoms with Crippen molar-refractivity contribution in [2.45, 2.75) is 63.1 Å². The van der Waals surface area contributed by atoms with Crippen molar-refractivity contribution in [2.75, 3.05) is 20.2 Å². The number of fused-ring (bicyclic) bond motifs is 2. The minimum Gasteiger partial charge on any atom is -0.496 e. The number of alkyl halides is 1. The summed E-state index contributed by atoms with van der Waals surface area (Å²) in [5.74, 6) is 1.90. The van der Waals surface area contributed by atoms with Crippen LogP contribution in [0.5, 0.6) is 5.75 Å². The van der Waals surface area contributed by atoms with Gasteiger partial charge in [-0.15, -0.1) is 0 Å². The first-order valence-electron chi connectivity index (χ1n) is 9.84. The Morgan fingerprint density at radius 1 is 1.04 bits per heavy atom. The summed E-state index contributed by atoms with van der Waals surface area (Å²) in [6, 6.07) is 4.82. The van der Waals surface area contributed by atoms with Gasteiger partial charge in [-0.3, -0.25) is 0 Å². The number of benzene rings is 1. The van der Waals surface area contributed by atoms with Crippen molar-refractivity contribution in [3.63, 3.8) is 0 Å². The first-order valence-corrected chi connectivity index (χ1v) is 9.84. The number of hydrogen-bond acceptors (Lipinski definition) is 2. The summed E-state index contributed by atoms with van der Waals surface area (Å²) in [5.41, 5.74) is -1.09. The van der Waals surface area contributed by atoms with Gasteiger partial charge in [-0.25, -0.2) is 8.78 Å². The van der Waals surface area contributed by atoms with Crippen LogP contribution < -0.4 is 4.74 Å². The Bertz CT molecular complexity index is 612. The lowest BCUT2D eigenvalue weighted by molar-refractivity contribution is 0.0267. The first kappa shape index (κ1) is 17.3. The van der Waals surface area contributed by atoms with Gasteiger partial charge >= 0.3 is 0 Å². The summed E-state index contributed by atoms with van der Waals surface area (Å²) in [7, 11) is 1.52. The van der Waals surface area contributed by atoms with Crippen molar-refractivity contribution >= 4 is 0 Å². The van der Waals surface area contributed by atoms with Gasteiger partial charge in [0.25, 0.3) is 0 Å². The lowest BCUT2D eigenvalue weighted by atomic mass is 9.84. The third-order valence-electron chi connectivity index (χ3n) is 6.91. The molecule has 0 spiro atoms. The second-order valence-electron chi connectivity index (χ2n) is 8.36. The molecule has 0 N–H and O–H groups in total. The molecule has 1 heterocycles. The Labute approximate surface area is 149 Å². The van der Waals surface area contributed by atoms with Gasteiger partial charge in [0.15, 0.2) is 0 Å². The van der Waals surface area contributed by atoms with Crippen LogP contribution in [0.2, 0.25) is 0 Å². The van der Waals surface area contributed by atoms with Gasteiger partial charge in [-0.05, 0) is 68.6 Å². The second-order valence-corrected chi connectivity index (χ2v) is 8.36. The molecule has 1 aromatic rings. The van der Waals surface area contributed by atoms with Crippen LogP contribution >= 0.6 is 0 Å². The largest absolute Gasteiger partial charge is 0.496 e. The highest BCUT2D eigenvalue weighted by molar-refractivity contribution is 5.39. The monoisotopic (exact) mass is 349 g/mol. The van der Waals surface area contributed by atoms with Crippen LogP contribution in [0.3, 0.4) is 0 Å². The standard InChI is InChI=1S/C21H29F2NO/c1-25-20-7-5-17(22)14-19(20)21(23)8-10-24(11-9-21)18-6-4-15-2-3-16(12-15)13-18/h5,7,14-16,18H,2-4,6,8-13H2,1H3. The lowest BCUT2D eigenvalue weighted by Gasteiger charge is -2.41. The quantitative estimate of drug-likeness (QED) is 0.756. The van der Waals surface area contributed by atoms with Crippen molar-refractivity contribution in [3.05, 3.63) is 29.6 Å². The van der Waals surface area contributed by atoms with Crippen LogP contribution in [-0.2, 0) is 5.67 Å². The molecule has 138 valence electrons. The maximum atomic E-state index is 15.6. The maximum Gasteiger partial charge on any atom is 0.142 e. The first-order chi connectivity index (χ1) is 12.1. The predicted molar refractivity (Wildman–Crippen MR) is 95.0 cm³/mol. The Balaban J connectivity index is 1.45. The van der Waals surface area contributed by atoms with Gasteiger partial charge in [-0.1, -0.05) is 12.8 Å². The van der Waals surface area contributed by atoms with E-state index in [1.807, 2.05) is 0 Å². The molecule has 3 unspecified atom stereocenters. The van der Waals surface area contributed by atoms with Crippen LogP contribution in [0.1, 0.15) is 56.9 Å². The van der Waals surface area contributed by atoms with Gasteiger partial charge in [0.2, 0.25) is 0 Å². The highest BCUT2D eigenvalue weighted by Gasteiger charge is 2.41. The zero-order chi connectivity index (χ0) is 17.4. The van der Waals surface area contributed by atoms with E-state index in [1.54, 1.807) is 6.07 Å². The van der Waals surface area contributed by atoms with Crippen molar-refractivity contribution in [1.82, 2.24) is 4.90 Å². The fourth-order valence-electron chi connectivity index (χ4n) is 5.46. The molecule has 25 heavy (non-hydrogen) atoms. The number of rotatable bonds is 3. The summed E-state index contributed by atoms with van der Waals surface area (Å²) < 4.78 is 34.6. The number of likely N-dealkylation sites (tertiary alicyclic amines) is 1. The van der Waals surface area contributed by atoms with Crippen molar-refractivity contribution in [1.29, 1.82) is 0 Å².